The van der Waals surface area contributed by atoms with Gasteiger partial charge in [0.2, 0.25) is 0 Å². The van der Waals surface area contributed by atoms with Crippen molar-refractivity contribution in [2.45, 2.75) is 6.92 Å². The molecule has 1 atom stereocenters. The van der Waals surface area contributed by atoms with E-state index in [0.29, 0.717) is 23.9 Å². The van der Waals surface area contributed by atoms with Crippen LogP contribution in [0.2, 0.25) is 0 Å². The van der Waals surface area contributed by atoms with Crippen LogP contribution in [0.25, 0.3) is 0 Å². The Morgan fingerprint density at radius 2 is 2.35 bits per heavy atom. The summed E-state index contributed by atoms with van der Waals surface area (Å²) >= 11 is 5.74. The molecule has 0 aliphatic carbocycles. The molecule has 2 rings (SSSR count). The summed E-state index contributed by atoms with van der Waals surface area (Å²) in [6.07, 6.45) is 0. The van der Waals surface area contributed by atoms with Crippen LogP contribution in [0.15, 0.2) is 18.2 Å². The van der Waals surface area contributed by atoms with E-state index >= 15 is 0 Å². The van der Waals surface area contributed by atoms with Gasteiger partial charge in [0.25, 0.3) is 5.91 Å². The lowest BCUT2D eigenvalue weighted by atomic mass is 10.1. The molecule has 0 fully saturated rings. The van der Waals surface area contributed by atoms with Gasteiger partial charge < -0.3 is 9.64 Å². The van der Waals surface area contributed by atoms with Gasteiger partial charge in [-0.15, -0.1) is 11.6 Å². The number of carbonyl (C=O) groups is 1. The molecule has 0 bridgehead atoms. The SMILES string of the molecule is C[C@@H](CCl)CN1C(=O)COc2cc(F)ccc21. The van der Waals surface area contributed by atoms with Crippen LogP contribution in [-0.2, 0) is 4.79 Å². The largest absolute Gasteiger partial charge is 0.481 e. The van der Waals surface area contributed by atoms with Gasteiger partial charge in [-0.25, -0.2) is 4.39 Å². The summed E-state index contributed by atoms with van der Waals surface area (Å²) in [7, 11) is 0. The Labute approximate surface area is 104 Å². The van der Waals surface area contributed by atoms with Gasteiger partial charge in [0, 0.05) is 18.5 Å². The van der Waals surface area contributed by atoms with Gasteiger partial charge >= 0.3 is 0 Å². The van der Waals surface area contributed by atoms with Crippen molar-refractivity contribution < 1.29 is 13.9 Å². The molecule has 17 heavy (non-hydrogen) atoms. The highest BCUT2D eigenvalue weighted by atomic mass is 35.5. The van der Waals surface area contributed by atoms with Crippen LogP contribution < -0.4 is 9.64 Å². The summed E-state index contributed by atoms with van der Waals surface area (Å²) in [5, 5.41) is 0. The molecule has 0 saturated heterocycles. The molecule has 0 saturated carbocycles. The summed E-state index contributed by atoms with van der Waals surface area (Å²) in [6.45, 7) is 2.43. The number of anilines is 1. The van der Waals surface area contributed by atoms with E-state index in [1.165, 1.54) is 12.1 Å². The van der Waals surface area contributed by atoms with Gasteiger partial charge in [-0.05, 0) is 18.1 Å². The fourth-order valence-corrected chi connectivity index (χ4v) is 1.84. The number of alkyl halides is 1. The zero-order valence-corrected chi connectivity index (χ0v) is 10.2. The first-order valence-electron chi connectivity index (χ1n) is 5.40. The van der Waals surface area contributed by atoms with Crippen molar-refractivity contribution in [1.29, 1.82) is 0 Å². The van der Waals surface area contributed by atoms with Crippen molar-refractivity contribution >= 4 is 23.2 Å². The van der Waals surface area contributed by atoms with Gasteiger partial charge in [-0.2, -0.15) is 0 Å². The van der Waals surface area contributed by atoms with Crippen LogP contribution in [0.4, 0.5) is 10.1 Å². The molecular weight excluding hydrogens is 245 g/mol. The second-order valence-electron chi connectivity index (χ2n) is 4.16. The fourth-order valence-electron chi connectivity index (χ4n) is 1.74. The quantitative estimate of drug-likeness (QED) is 0.779. The van der Waals surface area contributed by atoms with Gasteiger partial charge in [0.15, 0.2) is 6.61 Å². The van der Waals surface area contributed by atoms with Crippen molar-refractivity contribution in [3.8, 4) is 5.75 Å². The molecule has 0 radical (unpaired) electrons. The lowest BCUT2D eigenvalue weighted by Crippen LogP contribution is -2.41. The summed E-state index contributed by atoms with van der Waals surface area (Å²) < 4.78 is 18.2. The Morgan fingerprint density at radius 1 is 1.59 bits per heavy atom. The standard InChI is InChI=1S/C12H13ClFNO2/c1-8(5-13)6-15-10-3-2-9(14)4-11(10)17-7-12(15)16/h2-4,8H,5-7H2,1H3/t8-/m0/s1. The highest BCUT2D eigenvalue weighted by Gasteiger charge is 2.26. The molecule has 1 amide bonds. The first-order valence-corrected chi connectivity index (χ1v) is 5.94. The third-order valence-corrected chi connectivity index (χ3v) is 3.15. The predicted octanol–water partition coefficient (Wildman–Crippen LogP) is 2.43. The van der Waals surface area contributed by atoms with Crippen molar-refractivity contribution in [2.24, 2.45) is 5.92 Å². The van der Waals surface area contributed by atoms with Crippen molar-refractivity contribution in [3.05, 3.63) is 24.0 Å². The highest BCUT2D eigenvalue weighted by molar-refractivity contribution is 6.18. The van der Waals surface area contributed by atoms with E-state index in [1.54, 1.807) is 11.0 Å². The molecular formula is C12H13ClFNO2. The Balaban J connectivity index is 2.30. The van der Waals surface area contributed by atoms with Gasteiger partial charge in [0.1, 0.15) is 11.6 Å². The number of hydrogen-bond donors (Lipinski definition) is 0. The van der Waals surface area contributed by atoms with Crippen LogP contribution >= 0.6 is 11.6 Å². The van der Waals surface area contributed by atoms with E-state index in [4.69, 9.17) is 16.3 Å². The third-order valence-electron chi connectivity index (χ3n) is 2.62. The van der Waals surface area contributed by atoms with E-state index in [1.807, 2.05) is 6.92 Å². The average Bonchev–Trinajstić information content (AvgIpc) is 2.32. The van der Waals surface area contributed by atoms with Crippen molar-refractivity contribution in [3.63, 3.8) is 0 Å². The van der Waals surface area contributed by atoms with Gasteiger partial charge in [-0.1, -0.05) is 6.92 Å². The lowest BCUT2D eigenvalue weighted by molar-refractivity contribution is -0.121. The van der Waals surface area contributed by atoms with Crippen molar-refractivity contribution in [1.82, 2.24) is 0 Å². The van der Waals surface area contributed by atoms with Crippen LogP contribution in [0.5, 0.6) is 5.75 Å². The maximum atomic E-state index is 13.0. The minimum atomic E-state index is -0.372. The number of nitrogens with zero attached hydrogens (tertiary/aromatic N) is 1. The predicted molar refractivity (Wildman–Crippen MR) is 64.1 cm³/mol. The molecule has 3 nitrogen and oxygen atoms in total. The molecule has 1 aromatic carbocycles. The molecule has 1 aliphatic heterocycles. The monoisotopic (exact) mass is 257 g/mol. The van der Waals surface area contributed by atoms with E-state index in [-0.39, 0.29) is 24.2 Å². The molecule has 5 heteroatoms. The smallest absolute Gasteiger partial charge is 0.265 e. The average molecular weight is 258 g/mol. The number of ether oxygens (including phenoxy) is 1. The summed E-state index contributed by atoms with van der Waals surface area (Å²) in [5.74, 6) is 0.564. The zero-order chi connectivity index (χ0) is 12.4. The number of rotatable bonds is 3. The number of benzene rings is 1. The normalized spacial score (nSPS) is 16.4. The molecule has 1 aromatic rings. The maximum absolute atomic E-state index is 13.0. The lowest BCUT2D eigenvalue weighted by Gasteiger charge is -2.30. The Hall–Kier alpha value is -1.29. The van der Waals surface area contributed by atoms with Crippen LogP contribution in [0.3, 0.4) is 0 Å². The Bertz CT molecular complexity index is 439. The molecule has 1 heterocycles. The summed E-state index contributed by atoms with van der Waals surface area (Å²) in [5.41, 5.74) is 0.611. The Kier molecular flexibility index (Phi) is 3.52. The van der Waals surface area contributed by atoms with Crippen LogP contribution in [0, 0.1) is 11.7 Å². The summed E-state index contributed by atoms with van der Waals surface area (Å²) in [4.78, 5) is 13.4. The number of amides is 1. The highest BCUT2D eigenvalue weighted by Crippen LogP contribution is 2.33. The molecule has 1 aliphatic rings. The summed E-state index contributed by atoms with van der Waals surface area (Å²) in [6, 6.07) is 4.17. The van der Waals surface area contributed by atoms with E-state index < -0.39 is 0 Å². The topological polar surface area (TPSA) is 29.5 Å². The molecule has 0 unspecified atom stereocenters. The van der Waals surface area contributed by atoms with Crippen molar-refractivity contribution in [2.75, 3.05) is 23.9 Å². The number of fused-ring (bicyclic) bond motifs is 1. The minimum absolute atomic E-state index is 0.0501. The van der Waals surface area contributed by atoms with E-state index in [2.05, 4.69) is 0 Å². The second kappa shape index (κ2) is 4.92. The molecule has 0 aromatic heterocycles. The van der Waals surface area contributed by atoms with Crippen LogP contribution in [0.1, 0.15) is 6.92 Å². The number of halogens is 2. The molecule has 92 valence electrons. The molecule has 0 N–H and O–H groups in total. The van der Waals surface area contributed by atoms with Gasteiger partial charge in [0.05, 0.1) is 5.69 Å². The number of carbonyl (C=O) groups excluding carboxylic acids is 1. The maximum Gasteiger partial charge on any atom is 0.265 e. The first-order chi connectivity index (χ1) is 8.11. The van der Waals surface area contributed by atoms with Crippen LogP contribution in [-0.4, -0.2) is 24.9 Å². The minimum Gasteiger partial charge on any atom is -0.481 e. The Morgan fingerprint density at radius 3 is 3.06 bits per heavy atom. The zero-order valence-electron chi connectivity index (χ0n) is 9.45. The number of hydrogen-bond acceptors (Lipinski definition) is 2. The first kappa shape index (κ1) is 12.2. The fraction of sp³-hybridized carbons (Fsp3) is 0.417. The second-order valence-corrected chi connectivity index (χ2v) is 4.47. The van der Waals surface area contributed by atoms with E-state index in [0.717, 1.165) is 0 Å². The third kappa shape index (κ3) is 2.52. The van der Waals surface area contributed by atoms with E-state index in [9.17, 15) is 9.18 Å². The molecule has 0 spiro atoms. The van der Waals surface area contributed by atoms with Gasteiger partial charge in [-0.3, -0.25) is 4.79 Å².